The van der Waals surface area contributed by atoms with Crippen molar-refractivity contribution >= 4 is 22.3 Å². The monoisotopic (exact) mass is 386 g/mol. The third-order valence-electron chi connectivity index (χ3n) is 4.61. The van der Waals surface area contributed by atoms with E-state index in [2.05, 4.69) is 23.3 Å². The third-order valence-corrected chi connectivity index (χ3v) is 4.61. The number of fused-ring (bicyclic) bond motifs is 1. The van der Waals surface area contributed by atoms with E-state index in [0.29, 0.717) is 17.2 Å². The number of hydrogen-bond acceptors (Lipinski definition) is 5. The van der Waals surface area contributed by atoms with E-state index in [4.69, 9.17) is 14.2 Å². The molecule has 0 fully saturated rings. The highest BCUT2D eigenvalue weighted by Gasteiger charge is 2.13. The maximum Gasteiger partial charge on any atom is 0.162 e. The van der Waals surface area contributed by atoms with Gasteiger partial charge in [0.1, 0.15) is 5.75 Å². The van der Waals surface area contributed by atoms with Crippen molar-refractivity contribution in [2.45, 2.75) is 6.92 Å². The van der Waals surface area contributed by atoms with Gasteiger partial charge in [-0.15, -0.1) is 0 Å². The minimum atomic E-state index is 0.629. The zero-order valence-corrected chi connectivity index (χ0v) is 16.6. The molecule has 4 aromatic rings. The summed E-state index contributed by atoms with van der Waals surface area (Å²) < 4.78 is 17.2. The van der Waals surface area contributed by atoms with Gasteiger partial charge >= 0.3 is 0 Å². The summed E-state index contributed by atoms with van der Waals surface area (Å²) in [6, 6.07) is 21.7. The van der Waals surface area contributed by atoms with E-state index in [-0.39, 0.29) is 0 Å². The predicted octanol–water partition coefficient (Wildman–Crippen LogP) is 6.10. The summed E-state index contributed by atoms with van der Waals surface area (Å²) in [5.74, 6) is 2.67. The van der Waals surface area contributed by atoms with Crippen LogP contribution in [0, 0.1) is 6.92 Å². The molecule has 1 aromatic heterocycles. The van der Waals surface area contributed by atoms with Crippen LogP contribution >= 0.6 is 0 Å². The first-order valence-corrected chi connectivity index (χ1v) is 9.29. The van der Waals surface area contributed by atoms with Crippen molar-refractivity contribution in [1.29, 1.82) is 0 Å². The highest BCUT2D eigenvalue weighted by molar-refractivity contribution is 5.88. The van der Waals surface area contributed by atoms with Crippen LogP contribution < -0.4 is 19.5 Å². The summed E-state index contributed by atoms with van der Waals surface area (Å²) in [5.41, 5.74) is 3.79. The maximum absolute atomic E-state index is 6.32. The normalized spacial score (nSPS) is 10.6. The first-order chi connectivity index (χ1) is 14.2. The SMILES string of the molecule is COc1cc2nccc(Oc3ccc(C)cc3Nc3ccccc3)c2cc1OC. The number of pyridine rings is 1. The lowest BCUT2D eigenvalue weighted by atomic mass is 10.1. The molecule has 0 unspecified atom stereocenters. The van der Waals surface area contributed by atoms with Gasteiger partial charge in [0.05, 0.1) is 25.4 Å². The van der Waals surface area contributed by atoms with Gasteiger partial charge in [-0.25, -0.2) is 0 Å². The second-order valence-electron chi connectivity index (χ2n) is 6.63. The molecule has 0 amide bonds. The van der Waals surface area contributed by atoms with Gasteiger partial charge in [0.2, 0.25) is 0 Å². The maximum atomic E-state index is 6.32. The summed E-state index contributed by atoms with van der Waals surface area (Å²) in [6.45, 7) is 2.05. The van der Waals surface area contributed by atoms with Crippen LogP contribution in [-0.4, -0.2) is 19.2 Å². The third kappa shape index (κ3) is 3.94. The van der Waals surface area contributed by atoms with E-state index in [1.807, 2.05) is 60.7 Å². The van der Waals surface area contributed by atoms with Crippen LogP contribution in [0.4, 0.5) is 11.4 Å². The molecule has 0 radical (unpaired) electrons. The molecule has 146 valence electrons. The topological polar surface area (TPSA) is 52.6 Å². The van der Waals surface area contributed by atoms with Gasteiger partial charge in [0, 0.05) is 23.3 Å². The van der Waals surface area contributed by atoms with Crippen LogP contribution in [0.5, 0.6) is 23.0 Å². The molecule has 3 aromatic carbocycles. The van der Waals surface area contributed by atoms with Crippen molar-refractivity contribution in [1.82, 2.24) is 4.98 Å². The standard InChI is InChI=1S/C24H22N2O3/c1-16-9-10-22(20(13-16)26-17-7-5-4-6-8-17)29-21-11-12-25-19-15-24(28-3)23(27-2)14-18(19)21/h4-15,26H,1-3H3. The van der Waals surface area contributed by atoms with Gasteiger partial charge in [0.25, 0.3) is 0 Å². The fourth-order valence-electron chi connectivity index (χ4n) is 3.16. The molecular weight excluding hydrogens is 364 g/mol. The number of ether oxygens (including phenoxy) is 3. The lowest BCUT2D eigenvalue weighted by Gasteiger charge is -2.16. The van der Waals surface area contributed by atoms with Gasteiger partial charge in [-0.3, -0.25) is 4.98 Å². The number of anilines is 2. The number of hydrogen-bond donors (Lipinski definition) is 1. The fourth-order valence-corrected chi connectivity index (χ4v) is 3.16. The number of nitrogens with zero attached hydrogens (tertiary/aromatic N) is 1. The van der Waals surface area contributed by atoms with E-state index >= 15 is 0 Å². The highest BCUT2D eigenvalue weighted by atomic mass is 16.5. The molecule has 1 N–H and O–H groups in total. The van der Waals surface area contributed by atoms with Crippen molar-refractivity contribution in [3.8, 4) is 23.0 Å². The summed E-state index contributed by atoms with van der Waals surface area (Å²) in [4.78, 5) is 4.44. The van der Waals surface area contributed by atoms with Crippen LogP contribution in [0.25, 0.3) is 10.9 Å². The van der Waals surface area contributed by atoms with E-state index in [9.17, 15) is 0 Å². The number of nitrogens with one attached hydrogen (secondary N) is 1. The quantitative estimate of drug-likeness (QED) is 0.434. The predicted molar refractivity (Wildman–Crippen MR) is 116 cm³/mol. The molecule has 0 aliphatic carbocycles. The average Bonchev–Trinajstić information content (AvgIpc) is 2.75. The van der Waals surface area contributed by atoms with Crippen LogP contribution in [0.1, 0.15) is 5.56 Å². The minimum absolute atomic E-state index is 0.629. The molecular formula is C24H22N2O3. The van der Waals surface area contributed by atoms with E-state index in [1.54, 1.807) is 20.4 Å². The highest BCUT2D eigenvalue weighted by Crippen LogP contribution is 2.39. The van der Waals surface area contributed by atoms with Crippen LogP contribution in [-0.2, 0) is 0 Å². The van der Waals surface area contributed by atoms with Crippen LogP contribution in [0.15, 0.2) is 72.9 Å². The lowest BCUT2D eigenvalue weighted by Crippen LogP contribution is -1.96. The number of aryl methyl sites for hydroxylation is 1. The van der Waals surface area contributed by atoms with Crippen LogP contribution in [0.2, 0.25) is 0 Å². The number of benzene rings is 3. The van der Waals surface area contributed by atoms with Crippen molar-refractivity contribution < 1.29 is 14.2 Å². The molecule has 0 spiro atoms. The van der Waals surface area contributed by atoms with Crippen LogP contribution in [0.3, 0.4) is 0 Å². The molecule has 0 atom stereocenters. The fraction of sp³-hybridized carbons (Fsp3) is 0.125. The zero-order chi connectivity index (χ0) is 20.2. The smallest absolute Gasteiger partial charge is 0.162 e. The van der Waals surface area contributed by atoms with Gasteiger partial charge in [-0.1, -0.05) is 24.3 Å². The Morgan fingerprint density at radius 1 is 0.759 bits per heavy atom. The summed E-state index contributed by atoms with van der Waals surface area (Å²) in [5, 5.41) is 4.28. The summed E-state index contributed by atoms with van der Waals surface area (Å²) in [7, 11) is 3.22. The molecule has 0 aliphatic heterocycles. The number of aromatic nitrogens is 1. The first-order valence-electron chi connectivity index (χ1n) is 9.29. The average molecular weight is 386 g/mol. The van der Waals surface area contributed by atoms with Gasteiger partial charge in [0.15, 0.2) is 17.2 Å². The molecule has 0 aliphatic rings. The molecule has 0 saturated heterocycles. The number of para-hydroxylation sites is 1. The number of rotatable bonds is 6. The molecule has 0 bridgehead atoms. The first kappa shape index (κ1) is 18.6. The van der Waals surface area contributed by atoms with Gasteiger partial charge < -0.3 is 19.5 Å². The lowest BCUT2D eigenvalue weighted by molar-refractivity contribution is 0.355. The largest absolute Gasteiger partial charge is 0.493 e. The van der Waals surface area contributed by atoms with Crippen molar-refractivity contribution in [3.63, 3.8) is 0 Å². The Kier molecular flexibility index (Phi) is 5.20. The Morgan fingerprint density at radius 3 is 2.28 bits per heavy atom. The van der Waals surface area contributed by atoms with E-state index < -0.39 is 0 Å². The van der Waals surface area contributed by atoms with Gasteiger partial charge in [-0.05, 0) is 48.9 Å². The Morgan fingerprint density at radius 2 is 1.52 bits per heavy atom. The molecule has 4 rings (SSSR count). The molecule has 29 heavy (non-hydrogen) atoms. The Balaban J connectivity index is 1.75. The van der Waals surface area contributed by atoms with Crippen molar-refractivity contribution in [2.24, 2.45) is 0 Å². The molecule has 5 nitrogen and oxygen atoms in total. The molecule has 1 heterocycles. The molecule has 5 heteroatoms. The minimum Gasteiger partial charge on any atom is -0.493 e. The summed E-state index contributed by atoms with van der Waals surface area (Å²) >= 11 is 0. The van der Waals surface area contributed by atoms with Crippen molar-refractivity contribution in [3.05, 3.63) is 78.5 Å². The van der Waals surface area contributed by atoms with E-state index in [0.717, 1.165) is 33.6 Å². The van der Waals surface area contributed by atoms with Gasteiger partial charge in [-0.2, -0.15) is 0 Å². The zero-order valence-electron chi connectivity index (χ0n) is 16.6. The van der Waals surface area contributed by atoms with Crippen molar-refractivity contribution in [2.75, 3.05) is 19.5 Å². The Bertz CT molecular complexity index is 1140. The number of methoxy groups -OCH3 is 2. The molecule has 0 saturated carbocycles. The Hall–Kier alpha value is -3.73. The second-order valence-corrected chi connectivity index (χ2v) is 6.63. The van der Waals surface area contributed by atoms with E-state index in [1.165, 1.54) is 0 Å². The second kappa shape index (κ2) is 8.10. The summed E-state index contributed by atoms with van der Waals surface area (Å²) in [6.07, 6.45) is 1.72. The Labute approximate surface area is 169 Å².